The number of hydrogen-bond donors (Lipinski definition) is 0. The van der Waals surface area contributed by atoms with Crippen LogP contribution in [0.3, 0.4) is 0 Å². The van der Waals surface area contributed by atoms with E-state index in [-0.39, 0.29) is 17.6 Å². The van der Waals surface area contributed by atoms with E-state index in [9.17, 15) is 0 Å². The molecule has 1 aromatic carbocycles. The van der Waals surface area contributed by atoms with E-state index in [1.54, 1.807) is 0 Å². The van der Waals surface area contributed by atoms with E-state index in [2.05, 4.69) is 56.1 Å². The topological polar surface area (TPSA) is 18.5 Å². The predicted octanol–water partition coefficient (Wildman–Crippen LogP) is 3.10. The molecule has 1 aliphatic heterocycles. The van der Waals surface area contributed by atoms with Crippen molar-refractivity contribution in [3.05, 3.63) is 41.1 Å². The third kappa shape index (κ3) is 4.11. The number of benzene rings is 1. The Labute approximate surface area is 128 Å². The van der Waals surface area contributed by atoms with Crippen LogP contribution in [0.15, 0.2) is 41.1 Å². The monoisotopic (exact) mass is 340 g/mol. The molecule has 0 aliphatic carbocycles. The Morgan fingerprint density at radius 3 is 2.60 bits per heavy atom. The van der Waals surface area contributed by atoms with Crippen LogP contribution in [0.1, 0.15) is 34.1 Å². The zero-order valence-electron chi connectivity index (χ0n) is 12.8. The molecule has 1 heterocycles. The number of hydrogen-bond acceptors (Lipinski definition) is 2. The molecule has 0 aromatic heterocycles. The number of rotatable bonds is 4. The van der Waals surface area contributed by atoms with Gasteiger partial charge in [-0.25, -0.2) is 0 Å². The molecule has 0 radical (unpaired) electrons. The molecule has 1 fully saturated rings. The van der Waals surface area contributed by atoms with Gasteiger partial charge in [0.15, 0.2) is 0 Å². The molecule has 0 unspecified atom stereocenters. The Bertz CT molecular complexity index is 448. The molecule has 0 bridgehead atoms. The van der Waals surface area contributed by atoms with E-state index >= 15 is 0 Å². The summed E-state index contributed by atoms with van der Waals surface area (Å²) < 4.78 is 13.4. The Morgan fingerprint density at radius 1 is 1.30 bits per heavy atom. The second-order valence-corrected chi connectivity index (χ2v) is 8.08. The standard InChI is InChI=1S/C17H24O2Se/c1-5-18-14-11-16(17(2,3)4)19-15(14)12-20-13-9-7-6-8-10-13/h6-10,12,14,16H,5,11H2,1-4H3/b15-12-/t14-,16-/m1/s1. The van der Waals surface area contributed by atoms with Gasteiger partial charge in [0.05, 0.1) is 0 Å². The molecule has 0 amide bonds. The quantitative estimate of drug-likeness (QED) is 0.785. The van der Waals surface area contributed by atoms with Crippen LogP contribution >= 0.6 is 0 Å². The SMILES string of the molecule is CCO[C@@H]1C[C@H](C(C)(C)C)O/C1=C\[Se]c1ccccc1. The van der Waals surface area contributed by atoms with Gasteiger partial charge in [-0.1, -0.05) is 0 Å². The van der Waals surface area contributed by atoms with Crippen LogP contribution < -0.4 is 4.46 Å². The zero-order chi connectivity index (χ0) is 14.6. The van der Waals surface area contributed by atoms with Crippen LogP contribution in [0, 0.1) is 5.41 Å². The van der Waals surface area contributed by atoms with Gasteiger partial charge in [0, 0.05) is 0 Å². The van der Waals surface area contributed by atoms with Gasteiger partial charge in [0.2, 0.25) is 0 Å². The number of ether oxygens (including phenoxy) is 2. The maximum absolute atomic E-state index is 6.16. The molecule has 0 spiro atoms. The van der Waals surface area contributed by atoms with E-state index in [1.165, 1.54) is 4.46 Å². The van der Waals surface area contributed by atoms with Crippen LogP contribution in [0.2, 0.25) is 0 Å². The molecular formula is C17H24O2Se. The summed E-state index contributed by atoms with van der Waals surface area (Å²) in [5.74, 6) is 1.04. The molecule has 2 atom stereocenters. The Hall–Kier alpha value is -0.761. The fourth-order valence-electron chi connectivity index (χ4n) is 2.21. The summed E-state index contributed by atoms with van der Waals surface area (Å²) in [7, 11) is 0. The van der Waals surface area contributed by atoms with E-state index < -0.39 is 0 Å². The van der Waals surface area contributed by atoms with Gasteiger partial charge in [-0.3, -0.25) is 0 Å². The second kappa shape index (κ2) is 6.80. The van der Waals surface area contributed by atoms with Crippen molar-refractivity contribution < 1.29 is 9.47 Å². The van der Waals surface area contributed by atoms with E-state index in [0.29, 0.717) is 15.0 Å². The van der Waals surface area contributed by atoms with Gasteiger partial charge in [0.25, 0.3) is 0 Å². The van der Waals surface area contributed by atoms with Crippen molar-refractivity contribution in [1.29, 1.82) is 0 Å². The summed E-state index contributed by atoms with van der Waals surface area (Å²) in [6.07, 6.45) is 1.35. The second-order valence-electron chi connectivity index (χ2n) is 6.10. The van der Waals surface area contributed by atoms with E-state index in [4.69, 9.17) is 9.47 Å². The summed E-state index contributed by atoms with van der Waals surface area (Å²) in [6.45, 7) is 9.47. The van der Waals surface area contributed by atoms with Gasteiger partial charge < -0.3 is 0 Å². The zero-order valence-corrected chi connectivity index (χ0v) is 14.5. The fraction of sp³-hybridized carbons (Fsp3) is 0.529. The third-order valence-electron chi connectivity index (χ3n) is 3.41. The molecule has 110 valence electrons. The molecule has 20 heavy (non-hydrogen) atoms. The Balaban J connectivity index is 2.07. The summed E-state index contributed by atoms with van der Waals surface area (Å²) in [6, 6.07) is 10.6. The van der Waals surface area contributed by atoms with Crippen molar-refractivity contribution >= 4 is 19.4 Å². The summed E-state index contributed by atoms with van der Waals surface area (Å²) in [5, 5.41) is 0. The van der Waals surface area contributed by atoms with Gasteiger partial charge in [0.1, 0.15) is 0 Å². The van der Waals surface area contributed by atoms with Gasteiger partial charge in [-0.2, -0.15) is 0 Å². The molecule has 2 nitrogen and oxygen atoms in total. The van der Waals surface area contributed by atoms with Crippen molar-refractivity contribution in [2.75, 3.05) is 6.61 Å². The third-order valence-corrected chi connectivity index (χ3v) is 5.29. The van der Waals surface area contributed by atoms with Gasteiger partial charge in [-0.05, 0) is 0 Å². The molecular weight excluding hydrogens is 315 g/mol. The van der Waals surface area contributed by atoms with Crippen molar-refractivity contribution in [3.63, 3.8) is 0 Å². The molecule has 1 aliphatic rings. The maximum atomic E-state index is 6.16. The van der Waals surface area contributed by atoms with Gasteiger partial charge >= 0.3 is 128 Å². The van der Waals surface area contributed by atoms with Crippen LogP contribution in [0.4, 0.5) is 0 Å². The Kier molecular flexibility index (Phi) is 5.31. The summed E-state index contributed by atoms with van der Waals surface area (Å²) >= 11 is 0.304. The fourth-order valence-corrected chi connectivity index (χ4v) is 3.83. The first-order valence-corrected chi connectivity index (χ1v) is 9.05. The summed E-state index contributed by atoms with van der Waals surface area (Å²) in [5.41, 5.74) is 0.157. The van der Waals surface area contributed by atoms with Crippen molar-refractivity contribution in [2.24, 2.45) is 5.41 Å². The van der Waals surface area contributed by atoms with Crippen LogP contribution in [0.5, 0.6) is 0 Å². The van der Waals surface area contributed by atoms with E-state index in [0.717, 1.165) is 18.8 Å². The van der Waals surface area contributed by atoms with Crippen LogP contribution in [-0.4, -0.2) is 33.8 Å². The molecule has 1 saturated heterocycles. The summed E-state index contributed by atoms with van der Waals surface area (Å²) in [4.78, 5) is 2.24. The Morgan fingerprint density at radius 2 is 2.00 bits per heavy atom. The molecule has 0 saturated carbocycles. The van der Waals surface area contributed by atoms with Crippen molar-refractivity contribution in [3.8, 4) is 0 Å². The minimum atomic E-state index is 0.134. The van der Waals surface area contributed by atoms with Crippen LogP contribution in [0.25, 0.3) is 0 Å². The minimum absolute atomic E-state index is 0.134. The normalized spacial score (nSPS) is 24.9. The molecule has 2 rings (SSSR count). The molecule has 3 heteroatoms. The van der Waals surface area contributed by atoms with Crippen molar-refractivity contribution in [1.82, 2.24) is 0 Å². The van der Waals surface area contributed by atoms with Crippen LogP contribution in [-0.2, 0) is 9.47 Å². The van der Waals surface area contributed by atoms with Gasteiger partial charge in [-0.15, -0.1) is 0 Å². The predicted molar refractivity (Wildman–Crippen MR) is 84.3 cm³/mol. The average molecular weight is 339 g/mol. The van der Waals surface area contributed by atoms with E-state index in [1.807, 2.05) is 6.92 Å². The molecule has 1 aromatic rings. The van der Waals surface area contributed by atoms with Crippen molar-refractivity contribution in [2.45, 2.75) is 46.3 Å². The first kappa shape index (κ1) is 15.6. The average Bonchev–Trinajstić information content (AvgIpc) is 2.81. The first-order valence-electron chi connectivity index (χ1n) is 7.20. The molecule has 0 N–H and O–H groups in total. The first-order chi connectivity index (χ1) is 9.50.